The monoisotopic (exact) mass is 389 g/mol. The van der Waals surface area contributed by atoms with Crippen molar-refractivity contribution in [2.75, 3.05) is 26.3 Å². The van der Waals surface area contributed by atoms with Gasteiger partial charge < -0.3 is 9.84 Å². The van der Waals surface area contributed by atoms with Crippen LogP contribution in [-0.4, -0.2) is 42.3 Å². The van der Waals surface area contributed by atoms with Crippen molar-refractivity contribution in [3.05, 3.63) is 34.3 Å². The second-order valence-corrected chi connectivity index (χ2v) is 7.08. The minimum absolute atomic E-state index is 0. The Balaban J connectivity index is 0.00000176. The van der Waals surface area contributed by atoms with E-state index in [1.54, 1.807) is 0 Å². The Morgan fingerprint density at radius 1 is 1.32 bits per heavy atom. The van der Waals surface area contributed by atoms with Crippen LogP contribution in [0, 0.1) is 11.3 Å². The zero-order valence-corrected chi connectivity index (χ0v) is 14.7. The number of aliphatic carboxylic acids is 1. The van der Waals surface area contributed by atoms with E-state index in [-0.39, 0.29) is 23.7 Å². The summed E-state index contributed by atoms with van der Waals surface area (Å²) < 4.78 is 6.50. The summed E-state index contributed by atoms with van der Waals surface area (Å²) in [5.41, 5.74) is 1.13. The zero-order chi connectivity index (χ0) is 14.9. The number of carboxylic acids is 1. The Hall–Kier alpha value is -0.620. The molecule has 122 valence electrons. The molecule has 0 bridgehead atoms. The van der Waals surface area contributed by atoms with Gasteiger partial charge in [-0.1, -0.05) is 28.1 Å². The topological polar surface area (TPSA) is 49.8 Å². The van der Waals surface area contributed by atoms with Gasteiger partial charge in [-0.15, -0.1) is 12.4 Å². The van der Waals surface area contributed by atoms with Gasteiger partial charge in [0.15, 0.2) is 0 Å². The van der Waals surface area contributed by atoms with Crippen molar-refractivity contribution < 1.29 is 14.6 Å². The minimum atomic E-state index is -0.657. The van der Waals surface area contributed by atoms with Gasteiger partial charge >= 0.3 is 5.97 Å². The minimum Gasteiger partial charge on any atom is -0.481 e. The fourth-order valence-corrected chi connectivity index (χ4v) is 3.93. The Morgan fingerprint density at radius 3 is 2.55 bits per heavy atom. The molecule has 1 aromatic rings. The van der Waals surface area contributed by atoms with Crippen molar-refractivity contribution in [2.45, 2.75) is 19.4 Å². The van der Waals surface area contributed by atoms with E-state index in [2.05, 4.69) is 33.0 Å². The van der Waals surface area contributed by atoms with Gasteiger partial charge in [0, 0.05) is 42.7 Å². The Bertz CT molecular complexity index is 517. The van der Waals surface area contributed by atoms with E-state index in [1.165, 1.54) is 5.56 Å². The number of halogens is 2. The first-order valence-electron chi connectivity index (χ1n) is 7.36. The van der Waals surface area contributed by atoms with Crippen molar-refractivity contribution in [2.24, 2.45) is 11.3 Å². The van der Waals surface area contributed by atoms with E-state index < -0.39 is 5.97 Å². The largest absolute Gasteiger partial charge is 0.481 e. The van der Waals surface area contributed by atoms with Crippen LogP contribution in [0.4, 0.5) is 0 Å². The summed E-state index contributed by atoms with van der Waals surface area (Å²) in [5, 5.41) is 9.58. The van der Waals surface area contributed by atoms with Gasteiger partial charge in [0.2, 0.25) is 0 Å². The first-order valence-corrected chi connectivity index (χ1v) is 8.16. The third-order valence-corrected chi connectivity index (χ3v) is 5.35. The van der Waals surface area contributed by atoms with Crippen LogP contribution in [0.3, 0.4) is 0 Å². The number of ether oxygens (including phenoxy) is 1. The van der Waals surface area contributed by atoms with Gasteiger partial charge in [-0.05, 0) is 30.5 Å². The smallest absolute Gasteiger partial charge is 0.308 e. The molecular weight excluding hydrogens is 370 g/mol. The number of carboxylic acid groups (broad SMARTS) is 1. The average molecular weight is 391 g/mol. The molecule has 1 aromatic carbocycles. The highest BCUT2D eigenvalue weighted by Gasteiger charge is 2.50. The van der Waals surface area contributed by atoms with Crippen molar-refractivity contribution in [3.8, 4) is 0 Å². The fourth-order valence-electron chi connectivity index (χ4n) is 3.66. The summed E-state index contributed by atoms with van der Waals surface area (Å²) >= 11 is 3.44. The highest BCUT2D eigenvalue weighted by atomic mass is 79.9. The fraction of sp³-hybridized carbons (Fsp3) is 0.562. The molecule has 0 radical (unpaired) electrons. The molecule has 2 aliphatic rings. The third kappa shape index (κ3) is 3.65. The molecule has 0 amide bonds. The molecule has 2 fully saturated rings. The van der Waals surface area contributed by atoms with Gasteiger partial charge in [0.25, 0.3) is 0 Å². The summed E-state index contributed by atoms with van der Waals surface area (Å²) in [5.74, 6) is -0.924. The molecule has 4 nitrogen and oxygen atoms in total. The van der Waals surface area contributed by atoms with Gasteiger partial charge in [0.1, 0.15) is 0 Å². The SMILES string of the molecule is Cl.O=C(O)C1CN(Cc2ccc(Br)cc2)CC12CCOCC2. The highest BCUT2D eigenvalue weighted by molar-refractivity contribution is 9.10. The number of hydrogen-bond donors (Lipinski definition) is 1. The summed E-state index contributed by atoms with van der Waals surface area (Å²) in [6.45, 7) is 3.71. The lowest BCUT2D eigenvalue weighted by molar-refractivity contribution is -0.146. The number of likely N-dealkylation sites (tertiary alicyclic amines) is 1. The molecule has 1 unspecified atom stereocenters. The molecule has 6 heteroatoms. The van der Waals surface area contributed by atoms with Gasteiger partial charge in [0.05, 0.1) is 5.92 Å². The van der Waals surface area contributed by atoms with Crippen molar-refractivity contribution in [3.63, 3.8) is 0 Å². The molecular formula is C16H21BrClNO3. The van der Waals surface area contributed by atoms with Crippen LogP contribution >= 0.6 is 28.3 Å². The van der Waals surface area contributed by atoms with Gasteiger partial charge in [-0.2, -0.15) is 0 Å². The second kappa shape index (κ2) is 7.30. The molecule has 0 aromatic heterocycles. The second-order valence-electron chi connectivity index (χ2n) is 6.16. The highest BCUT2D eigenvalue weighted by Crippen LogP contribution is 2.44. The lowest BCUT2D eigenvalue weighted by Gasteiger charge is -2.36. The maximum absolute atomic E-state index is 11.6. The van der Waals surface area contributed by atoms with E-state index in [4.69, 9.17) is 4.74 Å². The Morgan fingerprint density at radius 2 is 1.95 bits per heavy atom. The molecule has 1 spiro atoms. The number of nitrogens with zero attached hydrogens (tertiary/aromatic N) is 1. The molecule has 2 saturated heterocycles. The number of hydrogen-bond acceptors (Lipinski definition) is 3. The van der Waals surface area contributed by atoms with E-state index in [1.807, 2.05) is 12.1 Å². The quantitative estimate of drug-likeness (QED) is 0.861. The van der Waals surface area contributed by atoms with Crippen LogP contribution < -0.4 is 0 Å². The molecule has 3 rings (SSSR count). The molecule has 1 N–H and O–H groups in total. The van der Waals surface area contributed by atoms with E-state index in [9.17, 15) is 9.90 Å². The molecule has 0 aliphatic carbocycles. The molecule has 1 atom stereocenters. The standard InChI is InChI=1S/C16H20BrNO3.ClH/c17-13-3-1-12(2-4-13)9-18-10-14(15(19)20)16(11-18)5-7-21-8-6-16;/h1-4,14H,5-11H2,(H,19,20);1H. The predicted octanol–water partition coefficient (Wildman–Crippen LogP) is 3.18. The van der Waals surface area contributed by atoms with E-state index in [0.29, 0.717) is 19.8 Å². The van der Waals surface area contributed by atoms with E-state index in [0.717, 1.165) is 30.4 Å². The first kappa shape index (κ1) is 17.7. The number of benzene rings is 1. The molecule has 0 saturated carbocycles. The van der Waals surface area contributed by atoms with Crippen molar-refractivity contribution >= 4 is 34.3 Å². The van der Waals surface area contributed by atoms with E-state index >= 15 is 0 Å². The zero-order valence-electron chi connectivity index (χ0n) is 12.3. The van der Waals surface area contributed by atoms with Crippen LogP contribution in [0.15, 0.2) is 28.7 Å². The van der Waals surface area contributed by atoms with Crippen molar-refractivity contribution in [1.82, 2.24) is 4.90 Å². The molecule has 2 heterocycles. The van der Waals surface area contributed by atoms with Gasteiger partial charge in [-0.3, -0.25) is 9.69 Å². The predicted molar refractivity (Wildman–Crippen MR) is 90.3 cm³/mol. The van der Waals surface area contributed by atoms with Crippen LogP contribution in [-0.2, 0) is 16.1 Å². The lowest BCUT2D eigenvalue weighted by Crippen LogP contribution is -2.40. The summed E-state index contributed by atoms with van der Waals surface area (Å²) in [7, 11) is 0. The molecule has 22 heavy (non-hydrogen) atoms. The Kier molecular flexibility index (Phi) is 5.88. The first-order chi connectivity index (χ1) is 10.1. The number of rotatable bonds is 3. The average Bonchev–Trinajstić information content (AvgIpc) is 2.80. The van der Waals surface area contributed by atoms with Crippen LogP contribution in [0.2, 0.25) is 0 Å². The van der Waals surface area contributed by atoms with Crippen LogP contribution in [0.5, 0.6) is 0 Å². The van der Waals surface area contributed by atoms with Crippen molar-refractivity contribution in [1.29, 1.82) is 0 Å². The summed E-state index contributed by atoms with van der Waals surface area (Å²) in [6.07, 6.45) is 1.72. The molecule has 2 aliphatic heterocycles. The van der Waals surface area contributed by atoms with Crippen LogP contribution in [0.25, 0.3) is 0 Å². The summed E-state index contributed by atoms with van der Waals surface area (Å²) in [4.78, 5) is 13.9. The van der Waals surface area contributed by atoms with Gasteiger partial charge in [-0.25, -0.2) is 0 Å². The lowest BCUT2D eigenvalue weighted by atomic mass is 9.72. The van der Waals surface area contributed by atoms with Crippen LogP contribution in [0.1, 0.15) is 18.4 Å². The Labute approximate surface area is 145 Å². The maximum Gasteiger partial charge on any atom is 0.308 e. The maximum atomic E-state index is 11.6. The normalized spacial score (nSPS) is 24.1. The number of carbonyl (C=O) groups is 1. The summed E-state index contributed by atoms with van der Waals surface area (Å²) in [6, 6.07) is 8.25. The third-order valence-electron chi connectivity index (χ3n) is 4.82.